The average Bonchev–Trinajstić information content (AvgIpc) is 3.12. The molecular formula is C20H18ClN3O7S. The van der Waals surface area contributed by atoms with E-state index in [0.29, 0.717) is 22.0 Å². The Hall–Kier alpha value is -3.57. The largest absolute Gasteiger partial charge is 0.481 e. The Morgan fingerprint density at radius 3 is 2.12 bits per heavy atom. The molecule has 10 nitrogen and oxygen atoms in total. The van der Waals surface area contributed by atoms with Gasteiger partial charge in [-0.3, -0.25) is 14.3 Å². The second kappa shape index (κ2) is 9.28. The van der Waals surface area contributed by atoms with Gasteiger partial charge in [-0.25, -0.2) is 8.42 Å². The molecule has 12 heteroatoms. The predicted octanol–water partition coefficient (Wildman–Crippen LogP) is 3.38. The van der Waals surface area contributed by atoms with E-state index >= 15 is 0 Å². The normalized spacial score (nSPS) is 12.3. The summed E-state index contributed by atoms with van der Waals surface area (Å²) < 4.78 is 32.1. The van der Waals surface area contributed by atoms with Crippen molar-refractivity contribution in [1.29, 1.82) is 0 Å². The molecule has 0 aliphatic heterocycles. The monoisotopic (exact) mass is 479 g/mol. The maximum absolute atomic E-state index is 12.5. The molecule has 0 bridgehead atoms. The first-order chi connectivity index (χ1) is 15.1. The zero-order chi connectivity index (χ0) is 23.5. The third-order valence-corrected chi connectivity index (χ3v) is 6.07. The molecule has 0 aliphatic carbocycles. The molecule has 4 N–H and O–H groups in total. The first-order valence-electron chi connectivity index (χ1n) is 9.10. The van der Waals surface area contributed by atoms with Crippen LogP contribution in [0.4, 0.5) is 11.5 Å². The molecular weight excluding hydrogens is 462 g/mol. The molecule has 1 aromatic heterocycles. The third-order valence-electron chi connectivity index (χ3n) is 4.45. The summed E-state index contributed by atoms with van der Waals surface area (Å²) in [6, 6.07) is 11.7. The average molecular weight is 480 g/mol. The molecule has 0 amide bonds. The minimum atomic E-state index is -3.95. The van der Waals surface area contributed by atoms with Gasteiger partial charge >= 0.3 is 11.9 Å². The number of nitrogens with one attached hydrogen (secondary N) is 2. The van der Waals surface area contributed by atoms with Gasteiger partial charge in [-0.15, -0.1) is 0 Å². The van der Waals surface area contributed by atoms with E-state index in [0.717, 1.165) is 0 Å². The van der Waals surface area contributed by atoms with Crippen molar-refractivity contribution in [3.63, 3.8) is 0 Å². The summed E-state index contributed by atoms with van der Waals surface area (Å²) in [4.78, 5) is 23.2. The minimum absolute atomic E-state index is 0.0262. The molecule has 3 aromatic rings. The molecule has 0 saturated heterocycles. The van der Waals surface area contributed by atoms with Gasteiger partial charge in [0, 0.05) is 16.8 Å². The lowest BCUT2D eigenvalue weighted by Gasteiger charge is -2.24. The van der Waals surface area contributed by atoms with E-state index in [1.54, 1.807) is 6.92 Å². The number of carbonyl (C=O) groups is 2. The maximum Gasteiger partial charge on any atom is 0.320 e. The molecule has 3 rings (SSSR count). The number of nitrogens with zero attached hydrogens (tertiary/aromatic N) is 1. The minimum Gasteiger partial charge on any atom is -0.481 e. The molecule has 0 spiro atoms. The highest BCUT2D eigenvalue weighted by Gasteiger charge is 2.36. The highest BCUT2D eigenvalue weighted by atomic mass is 35.5. The first kappa shape index (κ1) is 23.1. The predicted molar refractivity (Wildman–Crippen MR) is 115 cm³/mol. The second-order valence-electron chi connectivity index (χ2n) is 6.78. The van der Waals surface area contributed by atoms with Crippen molar-refractivity contribution in [1.82, 2.24) is 5.16 Å². The van der Waals surface area contributed by atoms with Crippen molar-refractivity contribution in [3.05, 3.63) is 70.9 Å². The lowest BCUT2D eigenvalue weighted by atomic mass is 9.92. The van der Waals surface area contributed by atoms with Crippen molar-refractivity contribution in [2.24, 2.45) is 5.92 Å². The zero-order valence-corrected chi connectivity index (χ0v) is 18.1. The molecule has 0 radical (unpaired) electrons. The molecule has 32 heavy (non-hydrogen) atoms. The highest BCUT2D eigenvalue weighted by molar-refractivity contribution is 7.92. The molecule has 1 atom stereocenters. The Bertz CT molecular complexity index is 1210. The van der Waals surface area contributed by atoms with Crippen LogP contribution in [0.25, 0.3) is 0 Å². The Morgan fingerprint density at radius 2 is 1.62 bits per heavy atom. The number of aromatic nitrogens is 1. The molecule has 0 fully saturated rings. The summed E-state index contributed by atoms with van der Waals surface area (Å²) in [6.45, 7) is 1.61. The van der Waals surface area contributed by atoms with Crippen LogP contribution in [-0.2, 0) is 19.6 Å². The Kier molecular flexibility index (Phi) is 6.70. The number of aliphatic carboxylic acids is 2. The topological polar surface area (TPSA) is 159 Å². The smallest absolute Gasteiger partial charge is 0.320 e. The lowest BCUT2D eigenvalue weighted by Crippen LogP contribution is -2.34. The number of benzene rings is 2. The van der Waals surface area contributed by atoms with Gasteiger partial charge in [0.2, 0.25) is 0 Å². The van der Waals surface area contributed by atoms with Crippen LogP contribution in [0.3, 0.4) is 0 Å². The Balaban J connectivity index is 1.87. The van der Waals surface area contributed by atoms with Gasteiger partial charge in [0.1, 0.15) is 5.76 Å². The van der Waals surface area contributed by atoms with Crippen LogP contribution in [0.2, 0.25) is 5.02 Å². The van der Waals surface area contributed by atoms with Gasteiger partial charge in [-0.2, -0.15) is 0 Å². The summed E-state index contributed by atoms with van der Waals surface area (Å²) in [5, 5.41) is 25.7. The summed E-state index contributed by atoms with van der Waals surface area (Å²) in [6.07, 6.45) is 0. The van der Waals surface area contributed by atoms with E-state index in [1.807, 2.05) is 0 Å². The fraction of sp³-hybridized carbons (Fsp3) is 0.150. The SMILES string of the molecule is Cc1cc(NS(=O)(=O)c2ccc(NC(c3ccc(Cl)cc3)C(C(=O)O)C(=O)O)cc2)no1. The van der Waals surface area contributed by atoms with Gasteiger partial charge in [0.05, 0.1) is 10.9 Å². The maximum atomic E-state index is 12.5. The van der Waals surface area contributed by atoms with Crippen molar-refractivity contribution in [3.8, 4) is 0 Å². The molecule has 1 heterocycles. The fourth-order valence-electron chi connectivity index (χ4n) is 2.94. The van der Waals surface area contributed by atoms with Crippen molar-refractivity contribution in [2.45, 2.75) is 17.9 Å². The number of anilines is 2. The van der Waals surface area contributed by atoms with E-state index in [-0.39, 0.29) is 10.7 Å². The molecule has 0 aliphatic rings. The number of aryl methyl sites for hydroxylation is 1. The highest BCUT2D eigenvalue weighted by Crippen LogP contribution is 2.29. The molecule has 0 saturated carbocycles. The van der Waals surface area contributed by atoms with Gasteiger partial charge in [-0.1, -0.05) is 28.9 Å². The van der Waals surface area contributed by atoms with Crippen LogP contribution in [-0.4, -0.2) is 35.7 Å². The van der Waals surface area contributed by atoms with Crippen LogP contribution in [0.1, 0.15) is 17.4 Å². The third kappa shape index (κ3) is 5.37. The fourth-order valence-corrected chi connectivity index (χ4v) is 4.05. The van der Waals surface area contributed by atoms with Crippen LogP contribution in [0.15, 0.2) is 64.0 Å². The number of carboxylic acid groups (broad SMARTS) is 2. The Morgan fingerprint density at radius 1 is 1.03 bits per heavy atom. The first-order valence-corrected chi connectivity index (χ1v) is 11.0. The summed E-state index contributed by atoms with van der Waals surface area (Å²) in [7, 11) is -3.95. The van der Waals surface area contributed by atoms with Crippen molar-refractivity contribution < 1.29 is 32.7 Å². The number of carboxylic acids is 2. The number of halogens is 1. The van der Waals surface area contributed by atoms with Crippen LogP contribution >= 0.6 is 11.6 Å². The van der Waals surface area contributed by atoms with E-state index in [2.05, 4.69) is 15.2 Å². The van der Waals surface area contributed by atoms with Gasteiger partial charge in [0.25, 0.3) is 10.0 Å². The number of hydrogen-bond donors (Lipinski definition) is 4. The molecule has 1 unspecified atom stereocenters. The Labute approximate surface area is 187 Å². The van der Waals surface area contributed by atoms with Crippen LogP contribution in [0.5, 0.6) is 0 Å². The zero-order valence-electron chi connectivity index (χ0n) is 16.5. The summed E-state index contributed by atoms with van der Waals surface area (Å²) in [5.41, 5.74) is 0.692. The van der Waals surface area contributed by atoms with Gasteiger partial charge < -0.3 is 20.1 Å². The van der Waals surface area contributed by atoms with Gasteiger partial charge in [0.15, 0.2) is 11.7 Å². The number of rotatable bonds is 9. The van der Waals surface area contributed by atoms with E-state index in [4.69, 9.17) is 16.1 Å². The quantitative estimate of drug-likeness (QED) is 0.337. The summed E-state index contributed by atoms with van der Waals surface area (Å²) in [5.74, 6) is -4.41. The van der Waals surface area contributed by atoms with Crippen molar-refractivity contribution in [2.75, 3.05) is 10.0 Å². The number of hydrogen-bond acceptors (Lipinski definition) is 7. The van der Waals surface area contributed by atoms with Crippen LogP contribution < -0.4 is 10.0 Å². The van der Waals surface area contributed by atoms with Gasteiger partial charge in [-0.05, 0) is 48.9 Å². The van der Waals surface area contributed by atoms with Crippen LogP contribution in [0, 0.1) is 12.8 Å². The lowest BCUT2D eigenvalue weighted by molar-refractivity contribution is -0.155. The van der Waals surface area contributed by atoms with Crippen molar-refractivity contribution >= 4 is 45.1 Å². The van der Waals surface area contributed by atoms with E-state index < -0.39 is 33.9 Å². The number of sulfonamides is 1. The standard InChI is InChI=1S/C20H18ClN3O7S/c1-11-10-16(23-31-11)24-32(29,30)15-8-6-14(7-9-15)22-18(17(19(25)26)20(27)28)12-2-4-13(21)5-3-12/h2-10,17-18,22H,1H3,(H,23,24)(H,25,26)(H,27,28). The second-order valence-corrected chi connectivity index (χ2v) is 8.90. The molecule has 168 valence electrons. The summed E-state index contributed by atoms with van der Waals surface area (Å²) >= 11 is 5.87. The molecule has 2 aromatic carbocycles. The van der Waals surface area contributed by atoms with E-state index in [9.17, 15) is 28.2 Å². The van der Waals surface area contributed by atoms with E-state index in [1.165, 1.54) is 54.6 Å².